The highest BCUT2D eigenvalue weighted by Crippen LogP contribution is 2.26. The highest BCUT2D eigenvalue weighted by molar-refractivity contribution is 7.80. The van der Waals surface area contributed by atoms with Crippen molar-refractivity contribution in [3.8, 4) is 11.5 Å². The Morgan fingerprint density at radius 1 is 1.12 bits per heavy atom. The zero-order valence-corrected chi connectivity index (χ0v) is 15.0. The minimum atomic E-state index is -0.586. The van der Waals surface area contributed by atoms with E-state index in [0.717, 1.165) is 5.56 Å². The Kier molecular flexibility index (Phi) is 6.89. The van der Waals surface area contributed by atoms with Crippen molar-refractivity contribution in [2.45, 2.75) is 0 Å². The molecule has 8 nitrogen and oxygen atoms in total. The van der Waals surface area contributed by atoms with Crippen LogP contribution in [0.4, 0.5) is 5.69 Å². The predicted molar refractivity (Wildman–Crippen MR) is 102 cm³/mol. The van der Waals surface area contributed by atoms with E-state index >= 15 is 0 Å². The van der Waals surface area contributed by atoms with Crippen LogP contribution in [0.25, 0.3) is 0 Å². The van der Waals surface area contributed by atoms with Gasteiger partial charge in [0, 0.05) is 11.3 Å². The molecular weight excluding hydrogens is 356 g/mol. The molecule has 0 atom stereocenters. The average molecular weight is 374 g/mol. The maximum Gasteiger partial charge on any atom is 0.274 e. The molecule has 136 valence electrons. The lowest BCUT2D eigenvalue weighted by molar-refractivity contribution is 0.0706. The molecule has 0 spiro atoms. The lowest BCUT2D eigenvalue weighted by Gasteiger charge is -2.08. The summed E-state index contributed by atoms with van der Waals surface area (Å²) in [6.07, 6.45) is 1.59. The van der Waals surface area contributed by atoms with Crippen LogP contribution in [-0.4, -0.2) is 36.7 Å². The third-order valence-electron chi connectivity index (χ3n) is 3.29. The fourth-order valence-electron chi connectivity index (χ4n) is 2.03. The highest BCUT2D eigenvalue weighted by Gasteiger charge is 2.04. The lowest BCUT2D eigenvalue weighted by Crippen LogP contribution is -2.24. The van der Waals surface area contributed by atoms with Crippen LogP contribution in [0.1, 0.15) is 15.9 Å². The second-order valence-electron chi connectivity index (χ2n) is 4.96. The molecule has 0 saturated carbocycles. The summed E-state index contributed by atoms with van der Waals surface area (Å²) >= 11 is 5.15. The first-order valence-corrected chi connectivity index (χ1v) is 7.84. The van der Waals surface area contributed by atoms with Gasteiger partial charge in [-0.1, -0.05) is 0 Å². The second kappa shape index (κ2) is 9.35. The summed E-state index contributed by atoms with van der Waals surface area (Å²) in [6.45, 7) is 0. The minimum absolute atomic E-state index is 0.279. The van der Waals surface area contributed by atoms with Gasteiger partial charge in [0.2, 0.25) is 0 Å². The normalized spacial score (nSPS) is 10.3. The highest BCUT2D eigenvalue weighted by atomic mass is 32.1. The van der Waals surface area contributed by atoms with Gasteiger partial charge in [0.15, 0.2) is 16.6 Å². The number of nitrogens with zero attached hydrogens (tertiary/aromatic N) is 1. The fraction of sp³-hybridized carbons (Fsp3) is 0.118. The molecule has 0 fully saturated rings. The predicted octanol–water partition coefficient (Wildman–Crippen LogP) is 2.14. The quantitative estimate of drug-likeness (QED) is 0.266. The van der Waals surface area contributed by atoms with Gasteiger partial charge in [-0.3, -0.25) is 15.4 Å². The van der Waals surface area contributed by atoms with Gasteiger partial charge in [0.1, 0.15) is 0 Å². The Labute approximate surface area is 155 Å². The van der Waals surface area contributed by atoms with Gasteiger partial charge in [-0.2, -0.15) is 5.10 Å². The van der Waals surface area contributed by atoms with Crippen molar-refractivity contribution in [2.24, 2.45) is 5.10 Å². The number of carbonyl (C=O) groups is 1. The molecule has 0 aliphatic carbocycles. The molecule has 2 aromatic carbocycles. The van der Waals surface area contributed by atoms with Gasteiger partial charge in [0.25, 0.3) is 5.91 Å². The van der Waals surface area contributed by atoms with Crippen LogP contribution in [-0.2, 0) is 0 Å². The van der Waals surface area contributed by atoms with E-state index in [9.17, 15) is 4.79 Å². The van der Waals surface area contributed by atoms with Crippen molar-refractivity contribution < 1.29 is 19.5 Å². The van der Waals surface area contributed by atoms with Crippen LogP contribution < -0.4 is 25.7 Å². The standard InChI is InChI=1S/C17H18N4O4S/c1-24-14-8-3-11(9-15(14)25-2)10-18-20-17(26)19-13-6-4-12(5-7-13)16(22)21-23/h3-10,23H,1-2H3,(H,21,22)(H2,19,20,26)/b18-10+. The Bertz CT molecular complexity index is 809. The summed E-state index contributed by atoms with van der Waals surface area (Å²) in [5, 5.41) is 15.8. The molecule has 0 aliphatic heterocycles. The van der Waals surface area contributed by atoms with Crippen LogP contribution in [0.15, 0.2) is 47.6 Å². The van der Waals surface area contributed by atoms with Crippen molar-refractivity contribution in [3.63, 3.8) is 0 Å². The van der Waals surface area contributed by atoms with Crippen LogP contribution in [0.5, 0.6) is 11.5 Å². The number of hydrogen-bond acceptors (Lipinski definition) is 6. The monoisotopic (exact) mass is 374 g/mol. The maximum atomic E-state index is 11.3. The van der Waals surface area contributed by atoms with Crippen LogP contribution >= 0.6 is 12.2 Å². The van der Waals surface area contributed by atoms with E-state index in [1.807, 2.05) is 6.07 Å². The molecule has 0 saturated heterocycles. The third kappa shape index (κ3) is 5.16. The molecule has 26 heavy (non-hydrogen) atoms. The Balaban J connectivity index is 1.92. The van der Waals surface area contributed by atoms with E-state index in [0.29, 0.717) is 22.7 Å². The van der Waals surface area contributed by atoms with Crippen molar-refractivity contribution in [2.75, 3.05) is 19.5 Å². The molecule has 0 radical (unpaired) electrons. The molecule has 4 N–H and O–H groups in total. The summed E-state index contributed by atoms with van der Waals surface area (Å²) in [5.41, 5.74) is 6.05. The molecule has 0 bridgehead atoms. The largest absolute Gasteiger partial charge is 0.493 e. The van der Waals surface area contributed by atoms with E-state index in [4.69, 9.17) is 26.9 Å². The summed E-state index contributed by atoms with van der Waals surface area (Å²) in [4.78, 5) is 11.3. The van der Waals surface area contributed by atoms with Crippen molar-refractivity contribution in [3.05, 3.63) is 53.6 Å². The third-order valence-corrected chi connectivity index (χ3v) is 3.49. The number of hydrazone groups is 1. The summed E-state index contributed by atoms with van der Waals surface area (Å²) in [6, 6.07) is 11.8. The van der Waals surface area contributed by atoms with Gasteiger partial charge in [-0.05, 0) is 60.2 Å². The first kappa shape index (κ1) is 19.2. The fourth-order valence-corrected chi connectivity index (χ4v) is 2.20. The summed E-state index contributed by atoms with van der Waals surface area (Å²) in [5.74, 6) is 0.647. The number of benzene rings is 2. The van der Waals surface area contributed by atoms with Crippen molar-refractivity contribution in [1.29, 1.82) is 0 Å². The molecule has 0 aromatic heterocycles. The molecule has 2 aromatic rings. The van der Waals surface area contributed by atoms with E-state index in [1.165, 1.54) is 0 Å². The number of nitrogens with one attached hydrogen (secondary N) is 3. The van der Waals surface area contributed by atoms with Gasteiger partial charge in [-0.15, -0.1) is 0 Å². The minimum Gasteiger partial charge on any atom is -0.493 e. The summed E-state index contributed by atoms with van der Waals surface area (Å²) in [7, 11) is 3.13. The number of hydrogen-bond donors (Lipinski definition) is 4. The van der Waals surface area contributed by atoms with Gasteiger partial charge >= 0.3 is 0 Å². The first-order valence-electron chi connectivity index (χ1n) is 7.44. The molecule has 2 rings (SSSR count). The second-order valence-corrected chi connectivity index (χ2v) is 5.37. The Morgan fingerprint density at radius 2 is 1.81 bits per heavy atom. The number of carbonyl (C=O) groups excluding carboxylic acids is 1. The zero-order valence-electron chi connectivity index (χ0n) is 14.1. The van der Waals surface area contributed by atoms with Crippen molar-refractivity contribution in [1.82, 2.24) is 10.9 Å². The van der Waals surface area contributed by atoms with Gasteiger partial charge in [-0.25, -0.2) is 5.48 Å². The number of hydroxylamine groups is 1. The Hall–Kier alpha value is -3.17. The molecule has 0 heterocycles. The number of ether oxygens (including phenoxy) is 2. The number of rotatable bonds is 6. The van der Waals surface area contributed by atoms with Gasteiger partial charge in [0.05, 0.1) is 20.4 Å². The summed E-state index contributed by atoms with van der Waals surface area (Å²) < 4.78 is 10.4. The Morgan fingerprint density at radius 3 is 2.42 bits per heavy atom. The van der Waals surface area contributed by atoms with E-state index in [1.54, 1.807) is 62.3 Å². The molecule has 0 unspecified atom stereocenters. The maximum absolute atomic E-state index is 11.3. The number of anilines is 1. The lowest BCUT2D eigenvalue weighted by atomic mass is 10.2. The zero-order chi connectivity index (χ0) is 18.9. The van der Waals surface area contributed by atoms with Crippen LogP contribution in [0.2, 0.25) is 0 Å². The SMILES string of the molecule is COc1ccc(/C=N/NC(=S)Nc2ccc(C(=O)NO)cc2)cc1OC. The first-order chi connectivity index (χ1) is 12.6. The van der Waals surface area contributed by atoms with Crippen LogP contribution in [0.3, 0.4) is 0 Å². The van der Waals surface area contributed by atoms with E-state index in [2.05, 4.69) is 15.8 Å². The molecule has 1 amide bonds. The number of amides is 1. The smallest absolute Gasteiger partial charge is 0.274 e. The number of methoxy groups -OCH3 is 2. The molecule has 9 heteroatoms. The number of thiocarbonyl (C=S) groups is 1. The van der Waals surface area contributed by atoms with Gasteiger partial charge < -0.3 is 14.8 Å². The topological polar surface area (TPSA) is 104 Å². The molecule has 0 aliphatic rings. The van der Waals surface area contributed by atoms with E-state index in [-0.39, 0.29) is 5.11 Å². The van der Waals surface area contributed by atoms with Crippen molar-refractivity contribution >= 4 is 35.1 Å². The van der Waals surface area contributed by atoms with E-state index < -0.39 is 5.91 Å². The average Bonchev–Trinajstić information content (AvgIpc) is 2.67. The van der Waals surface area contributed by atoms with Crippen LogP contribution in [0, 0.1) is 0 Å². The molecular formula is C17H18N4O4S.